The van der Waals surface area contributed by atoms with Gasteiger partial charge in [-0.15, -0.1) is 11.3 Å². The van der Waals surface area contributed by atoms with Crippen LogP contribution in [0.25, 0.3) is 32.0 Å². The molecule has 2 nitrogen and oxygen atoms in total. The van der Waals surface area contributed by atoms with Crippen LogP contribution in [0.5, 0.6) is 0 Å². The molecule has 0 aliphatic heterocycles. The Labute approximate surface area is 186 Å². The largest absolute Gasteiger partial charge is 0.456 e. The monoisotopic (exact) mass is 425 g/mol. The summed E-state index contributed by atoms with van der Waals surface area (Å²) in [5.74, 6) is 0. The van der Waals surface area contributed by atoms with E-state index in [1.807, 2.05) is 29.5 Å². The number of nitrogens with one attached hydrogen (secondary N) is 1. The summed E-state index contributed by atoms with van der Waals surface area (Å²) in [5.41, 5.74) is 7.60. The second-order valence-electron chi connectivity index (χ2n) is 10.2. The van der Waals surface area contributed by atoms with Crippen LogP contribution in [-0.2, 0) is 10.8 Å². The molecule has 1 N–H and O–H groups in total. The Bertz CT molecular complexity index is 1470. The highest BCUT2D eigenvalue weighted by atomic mass is 32.1. The first-order valence-corrected chi connectivity index (χ1v) is 11.9. The highest BCUT2D eigenvalue weighted by molar-refractivity contribution is 7.17. The maximum atomic E-state index is 6.09. The molecule has 31 heavy (non-hydrogen) atoms. The van der Waals surface area contributed by atoms with Gasteiger partial charge in [0.1, 0.15) is 11.2 Å². The number of furan rings is 1. The fourth-order valence-electron chi connectivity index (χ4n) is 5.21. The van der Waals surface area contributed by atoms with Crippen molar-refractivity contribution in [2.24, 2.45) is 0 Å². The maximum absolute atomic E-state index is 6.09. The number of hydrogen-bond donors (Lipinski definition) is 1. The molecule has 5 aromatic rings. The van der Waals surface area contributed by atoms with Gasteiger partial charge in [0.2, 0.25) is 0 Å². The summed E-state index contributed by atoms with van der Waals surface area (Å²) in [6, 6.07) is 19.4. The first-order chi connectivity index (χ1) is 14.8. The summed E-state index contributed by atoms with van der Waals surface area (Å²) in [7, 11) is 0. The third kappa shape index (κ3) is 2.83. The molecular weight excluding hydrogens is 398 g/mol. The molecule has 3 aromatic carbocycles. The average Bonchev–Trinajstić information content (AvgIpc) is 3.32. The van der Waals surface area contributed by atoms with Crippen LogP contribution in [0, 0.1) is 0 Å². The van der Waals surface area contributed by atoms with E-state index in [9.17, 15) is 0 Å². The van der Waals surface area contributed by atoms with Crippen molar-refractivity contribution in [3.05, 3.63) is 71.1 Å². The van der Waals surface area contributed by atoms with Crippen LogP contribution in [0.2, 0.25) is 0 Å². The third-order valence-electron chi connectivity index (χ3n) is 7.22. The maximum Gasteiger partial charge on any atom is 0.137 e. The van der Waals surface area contributed by atoms with E-state index in [0.29, 0.717) is 0 Å². The molecule has 0 spiro atoms. The molecule has 0 atom stereocenters. The molecule has 6 rings (SSSR count). The van der Waals surface area contributed by atoms with Crippen molar-refractivity contribution in [3.63, 3.8) is 0 Å². The molecule has 0 saturated carbocycles. The SMILES string of the molecule is CC1(C)CCC(C)(C)c2cc3c(Nc4cccc5oc6ccccc6c45)csc3cc21. The molecule has 2 aromatic heterocycles. The Morgan fingerprint density at radius 1 is 0.774 bits per heavy atom. The number of fused-ring (bicyclic) bond motifs is 5. The predicted octanol–water partition coefficient (Wildman–Crippen LogP) is 8.89. The molecule has 1 aliphatic rings. The van der Waals surface area contributed by atoms with E-state index in [4.69, 9.17) is 4.42 Å². The smallest absolute Gasteiger partial charge is 0.137 e. The zero-order valence-corrected chi connectivity index (χ0v) is 19.3. The third-order valence-corrected chi connectivity index (χ3v) is 8.16. The van der Waals surface area contributed by atoms with Crippen LogP contribution >= 0.6 is 11.3 Å². The fraction of sp³-hybridized carbons (Fsp3) is 0.286. The standard InChI is InChI=1S/C28H27NOS/c1-27(2)12-13-28(3,4)20-15-25-18(14-19(20)27)22(16-31-25)29-21-9-7-11-24-26(21)17-8-5-6-10-23(17)30-24/h5-11,14-16,29H,12-13H2,1-4H3. The molecule has 0 saturated heterocycles. The van der Waals surface area contributed by atoms with Crippen molar-refractivity contribution >= 4 is 54.7 Å². The van der Waals surface area contributed by atoms with E-state index in [0.717, 1.165) is 27.6 Å². The Balaban J connectivity index is 1.53. The van der Waals surface area contributed by atoms with Gasteiger partial charge < -0.3 is 9.73 Å². The lowest BCUT2D eigenvalue weighted by Gasteiger charge is -2.41. The van der Waals surface area contributed by atoms with Gasteiger partial charge in [0.15, 0.2) is 0 Å². The van der Waals surface area contributed by atoms with Gasteiger partial charge in [-0.05, 0) is 65.1 Å². The first kappa shape index (κ1) is 18.9. The molecule has 0 radical (unpaired) electrons. The summed E-state index contributed by atoms with van der Waals surface area (Å²) in [4.78, 5) is 0. The van der Waals surface area contributed by atoms with Gasteiger partial charge >= 0.3 is 0 Å². The predicted molar refractivity (Wildman–Crippen MR) is 134 cm³/mol. The van der Waals surface area contributed by atoms with Crippen LogP contribution in [0.3, 0.4) is 0 Å². The van der Waals surface area contributed by atoms with Crippen molar-refractivity contribution in [1.82, 2.24) is 0 Å². The Hall–Kier alpha value is -2.78. The van der Waals surface area contributed by atoms with E-state index < -0.39 is 0 Å². The minimum Gasteiger partial charge on any atom is -0.456 e. The van der Waals surface area contributed by atoms with Gasteiger partial charge in [0, 0.05) is 20.9 Å². The number of anilines is 2. The van der Waals surface area contributed by atoms with Gasteiger partial charge in [-0.2, -0.15) is 0 Å². The van der Waals surface area contributed by atoms with Gasteiger partial charge in [-0.3, -0.25) is 0 Å². The zero-order valence-electron chi connectivity index (χ0n) is 18.5. The van der Waals surface area contributed by atoms with Crippen molar-refractivity contribution in [1.29, 1.82) is 0 Å². The van der Waals surface area contributed by atoms with Gasteiger partial charge in [-0.1, -0.05) is 52.0 Å². The van der Waals surface area contributed by atoms with Crippen LogP contribution in [0.4, 0.5) is 11.4 Å². The topological polar surface area (TPSA) is 25.2 Å². The molecule has 156 valence electrons. The lowest BCUT2D eigenvalue weighted by atomic mass is 9.63. The summed E-state index contributed by atoms with van der Waals surface area (Å²) in [6.07, 6.45) is 2.47. The van der Waals surface area contributed by atoms with E-state index in [-0.39, 0.29) is 10.8 Å². The molecule has 1 aliphatic carbocycles. The van der Waals surface area contributed by atoms with Crippen LogP contribution in [0.15, 0.2) is 64.4 Å². The normalized spacial score (nSPS) is 17.3. The van der Waals surface area contributed by atoms with Crippen molar-refractivity contribution < 1.29 is 4.42 Å². The molecule has 0 amide bonds. The Kier molecular flexibility index (Phi) is 3.89. The first-order valence-electron chi connectivity index (χ1n) is 11.1. The average molecular weight is 426 g/mol. The molecule has 0 fully saturated rings. The molecule has 2 heterocycles. The summed E-state index contributed by atoms with van der Waals surface area (Å²) >= 11 is 1.83. The number of rotatable bonds is 2. The number of hydrogen-bond acceptors (Lipinski definition) is 3. The fourth-order valence-corrected chi connectivity index (χ4v) is 6.12. The Morgan fingerprint density at radius 2 is 1.48 bits per heavy atom. The summed E-state index contributed by atoms with van der Waals surface area (Å²) in [5, 5.41) is 9.64. The number of benzene rings is 3. The molecule has 0 bridgehead atoms. The lowest BCUT2D eigenvalue weighted by Crippen LogP contribution is -2.33. The highest BCUT2D eigenvalue weighted by Crippen LogP contribution is 2.49. The number of para-hydroxylation sites is 1. The lowest BCUT2D eigenvalue weighted by molar-refractivity contribution is 0.332. The van der Waals surface area contributed by atoms with Crippen molar-refractivity contribution in [2.45, 2.75) is 51.4 Å². The zero-order chi connectivity index (χ0) is 21.4. The van der Waals surface area contributed by atoms with E-state index in [1.54, 1.807) is 0 Å². The number of thiophene rings is 1. The van der Waals surface area contributed by atoms with Gasteiger partial charge in [-0.25, -0.2) is 0 Å². The quantitative estimate of drug-likeness (QED) is 0.305. The minimum atomic E-state index is 0.207. The van der Waals surface area contributed by atoms with Crippen molar-refractivity contribution in [2.75, 3.05) is 5.32 Å². The summed E-state index contributed by atoms with van der Waals surface area (Å²) in [6.45, 7) is 9.57. The van der Waals surface area contributed by atoms with Crippen LogP contribution in [0.1, 0.15) is 51.7 Å². The van der Waals surface area contributed by atoms with E-state index >= 15 is 0 Å². The van der Waals surface area contributed by atoms with E-state index in [2.05, 4.69) is 74.8 Å². The molecular formula is C28H27NOS. The highest BCUT2D eigenvalue weighted by Gasteiger charge is 2.37. The van der Waals surface area contributed by atoms with Gasteiger partial charge in [0.25, 0.3) is 0 Å². The second kappa shape index (κ2) is 6.37. The van der Waals surface area contributed by atoms with Gasteiger partial charge in [0.05, 0.1) is 16.8 Å². The molecule has 0 unspecified atom stereocenters. The second-order valence-corrected chi connectivity index (χ2v) is 11.1. The van der Waals surface area contributed by atoms with Crippen molar-refractivity contribution in [3.8, 4) is 0 Å². The minimum absolute atomic E-state index is 0.207. The van der Waals surface area contributed by atoms with Crippen LogP contribution in [-0.4, -0.2) is 0 Å². The summed E-state index contributed by atoms with van der Waals surface area (Å²) < 4.78 is 7.44. The Morgan fingerprint density at radius 3 is 2.29 bits per heavy atom. The van der Waals surface area contributed by atoms with E-state index in [1.165, 1.54) is 39.7 Å². The molecule has 3 heteroatoms. The van der Waals surface area contributed by atoms with Crippen LogP contribution < -0.4 is 5.32 Å².